The van der Waals surface area contributed by atoms with Gasteiger partial charge in [-0.3, -0.25) is 9.69 Å². The fraction of sp³-hybridized carbons (Fsp3) is 0.667. The number of H-pyrrole nitrogens is 1. The van der Waals surface area contributed by atoms with Crippen LogP contribution >= 0.6 is 0 Å². The summed E-state index contributed by atoms with van der Waals surface area (Å²) in [5.74, 6) is -0.468. The predicted octanol–water partition coefficient (Wildman–Crippen LogP) is 0.986. The topological polar surface area (TPSA) is 119 Å². The maximum absolute atomic E-state index is 12.6. The molecule has 1 heterocycles. The van der Waals surface area contributed by atoms with Crippen LogP contribution in [-0.4, -0.2) is 60.8 Å². The maximum atomic E-state index is 12.6. The zero-order valence-corrected chi connectivity index (χ0v) is 14.3. The Hall–Kier alpha value is -2.09. The molecule has 8 heteroatoms. The SMILES string of the molecule is CC(C)(C)N(C(=O)O)C(C)(C)C(=O)N[C@H](CO)Cc1c[nH]cn1. The Bertz CT molecular complexity index is 534. The van der Waals surface area contributed by atoms with Gasteiger partial charge in [0.2, 0.25) is 5.91 Å². The molecular weight excluding hydrogens is 300 g/mol. The van der Waals surface area contributed by atoms with Crippen LogP contribution in [-0.2, 0) is 11.2 Å². The maximum Gasteiger partial charge on any atom is 0.408 e. The van der Waals surface area contributed by atoms with Crippen molar-refractivity contribution in [2.75, 3.05) is 6.61 Å². The number of rotatable bonds is 6. The van der Waals surface area contributed by atoms with E-state index in [0.717, 1.165) is 4.90 Å². The van der Waals surface area contributed by atoms with E-state index in [9.17, 15) is 19.8 Å². The highest BCUT2D eigenvalue weighted by atomic mass is 16.4. The van der Waals surface area contributed by atoms with Gasteiger partial charge in [-0.1, -0.05) is 0 Å². The smallest absolute Gasteiger partial charge is 0.408 e. The first-order valence-corrected chi connectivity index (χ1v) is 7.43. The average molecular weight is 326 g/mol. The van der Waals surface area contributed by atoms with Gasteiger partial charge in [-0.25, -0.2) is 9.78 Å². The Morgan fingerprint density at radius 2 is 1.96 bits per heavy atom. The van der Waals surface area contributed by atoms with E-state index in [-0.39, 0.29) is 6.61 Å². The zero-order chi connectivity index (χ0) is 17.8. The summed E-state index contributed by atoms with van der Waals surface area (Å²) in [4.78, 5) is 32.2. The lowest BCUT2D eigenvalue weighted by atomic mass is 9.93. The van der Waals surface area contributed by atoms with Crippen LogP contribution in [0.15, 0.2) is 12.5 Å². The van der Waals surface area contributed by atoms with E-state index in [0.29, 0.717) is 12.1 Å². The zero-order valence-electron chi connectivity index (χ0n) is 14.3. The Morgan fingerprint density at radius 3 is 2.35 bits per heavy atom. The van der Waals surface area contributed by atoms with E-state index in [1.165, 1.54) is 6.33 Å². The van der Waals surface area contributed by atoms with E-state index in [4.69, 9.17) is 0 Å². The van der Waals surface area contributed by atoms with Crippen molar-refractivity contribution in [1.29, 1.82) is 0 Å². The third kappa shape index (κ3) is 4.69. The van der Waals surface area contributed by atoms with Crippen LogP contribution in [0.1, 0.15) is 40.3 Å². The van der Waals surface area contributed by atoms with Crippen molar-refractivity contribution in [3.8, 4) is 0 Å². The van der Waals surface area contributed by atoms with Gasteiger partial charge in [-0.05, 0) is 34.6 Å². The van der Waals surface area contributed by atoms with E-state index in [1.807, 2.05) is 0 Å². The van der Waals surface area contributed by atoms with E-state index < -0.39 is 29.1 Å². The highest BCUT2D eigenvalue weighted by Gasteiger charge is 2.44. The molecule has 0 aliphatic heterocycles. The molecule has 0 aromatic carbocycles. The summed E-state index contributed by atoms with van der Waals surface area (Å²) in [6.45, 7) is 8.00. The molecule has 0 fully saturated rings. The number of carboxylic acid groups (broad SMARTS) is 1. The van der Waals surface area contributed by atoms with Gasteiger partial charge < -0.3 is 20.5 Å². The molecule has 23 heavy (non-hydrogen) atoms. The number of amides is 2. The number of aromatic amines is 1. The number of nitrogens with zero attached hydrogens (tertiary/aromatic N) is 2. The molecule has 0 aliphatic carbocycles. The van der Waals surface area contributed by atoms with Crippen LogP contribution in [0.3, 0.4) is 0 Å². The predicted molar refractivity (Wildman–Crippen MR) is 85.0 cm³/mol. The number of aliphatic hydroxyl groups is 1. The number of nitrogens with one attached hydrogen (secondary N) is 2. The highest BCUT2D eigenvalue weighted by Crippen LogP contribution is 2.25. The normalized spacial score (nSPS) is 13.5. The van der Waals surface area contributed by atoms with Crippen LogP contribution in [0.4, 0.5) is 4.79 Å². The van der Waals surface area contributed by atoms with Crippen LogP contribution in [0, 0.1) is 0 Å². The molecule has 0 unspecified atom stereocenters. The third-order valence-corrected chi connectivity index (χ3v) is 3.54. The van der Waals surface area contributed by atoms with Crippen LogP contribution < -0.4 is 5.32 Å². The van der Waals surface area contributed by atoms with Gasteiger partial charge in [-0.2, -0.15) is 0 Å². The van der Waals surface area contributed by atoms with Crippen molar-refractivity contribution in [2.24, 2.45) is 0 Å². The fourth-order valence-electron chi connectivity index (χ4n) is 2.64. The van der Waals surface area contributed by atoms with E-state index >= 15 is 0 Å². The van der Waals surface area contributed by atoms with Crippen molar-refractivity contribution >= 4 is 12.0 Å². The van der Waals surface area contributed by atoms with Gasteiger partial charge in [0, 0.05) is 18.2 Å². The largest absolute Gasteiger partial charge is 0.465 e. The Labute approximate surface area is 135 Å². The summed E-state index contributed by atoms with van der Waals surface area (Å²) in [6, 6.07) is -0.541. The van der Waals surface area contributed by atoms with Crippen molar-refractivity contribution in [1.82, 2.24) is 20.2 Å². The molecule has 130 valence electrons. The second-order valence-electron chi connectivity index (χ2n) is 6.97. The molecule has 0 radical (unpaired) electrons. The van der Waals surface area contributed by atoms with Crippen LogP contribution in [0.25, 0.3) is 0 Å². The lowest BCUT2D eigenvalue weighted by molar-refractivity contribution is -0.134. The van der Waals surface area contributed by atoms with Gasteiger partial charge in [0.05, 0.1) is 24.7 Å². The summed E-state index contributed by atoms with van der Waals surface area (Å²) in [6.07, 6.45) is 2.37. The molecule has 1 aromatic heterocycles. The molecule has 0 saturated heterocycles. The van der Waals surface area contributed by atoms with Crippen molar-refractivity contribution in [3.05, 3.63) is 18.2 Å². The number of aliphatic hydroxyl groups excluding tert-OH is 1. The second kappa shape index (κ2) is 6.99. The molecule has 0 bridgehead atoms. The number of carbonyl (C=O) groups excluding carboxylic acids is 1. The highest BCUT2D eigenvalue weighted by molar-refractivity contribution is 5.89. The van der Waals surface area contributed by atoms with E-state index in [1.54, 1.807) is 40.8 Å². The monoisotopic (exact) mass is 326 g/mol. The summed E-state index contributed by atoms with van der Waals surface area (Å²) in [7, 11) is 0. The molecule has 8 nitrogen and oxygen atoms in total. The minimum atomic E-state index is -1.29. The molecule has 0 spiro atoms. The second-order valence-corrected chi connectivity index (χ2v) is 6.97. The molecule has 0 aliphatic rings. The number of aromatic nitrogens is 2. The minimum absolute atomic E-state index is 0.267. The van der Waals surface area contributed by atoms with E-state index in [2.05, 4.69) is 15.3 Å². The summed E-state index contributed by atoms with van der Waals surface area (Å²) in [5.41, 5.74) is -1.33. The molecule has 1 rings (SSSR count). The summed E-state index contributed by atoms with van der Waals surface area (Å²) < 4.78 is 0. The number of hydrogen-bond donors (Lipinski definition) is 4. The standard InChI is InChI=1S/C15H26N4O4/c1-14(2,3)19(13(22)23)15(4,5)12(21)18-11(8-20)6-10-7-16-9-17-10/h7,9,11,20H,6,8H2,1-5H3,(H,16,17)(H,18,21)(H,22,23)/t11-/m0/s1. The first-order chi connectivity index (χ1) is 10.5. The first kappa shape index (κ1) is 19.0. The number of carbonyl (C=O) groups is 2. The van der Waals surface area contributed by atoms with Crippen LogP contribution in [0.2, 0.25) is 0 Å². The molecule has 1 atom stereocenters. The molecule has 2 amide bonds. The first-order valence-electron chi connectivity index (χ1n) is 7.43. The van der Waals surface area contributed by atoms with Crippen molar-refractivity contribution < 1.29 is 19.8 Å². The number of hydrogen-bond acceptors (Lipinski definition) is 4. The summed E-state index contributed by atoms with van der Waals surface area (Å²) in [5, 5.41) is 21.6. The van der Waals surface area contributed by atoms with Gasteiger partial charge in [-0.15, -0.1) is 0 Å². The van der Waals surface area contributed by atoms with Crippen molar-refractivity contribution in [3.63, 3.8) is 0 Å². The lowest BCUT2D eigenvalue weighted by Gasteiger charge is -2.44. The Morgan fingerprint density at radius 1 is 1.35 bits per heavy atom. The van der Waals surface area contributed by atoms with Crippen molar-refractivity contribution in [2.45, 2.75) is 58.2 Å². The number of imidazole rings is 1. The summed E-state index contributed by atoms with van der Waals surface area (Å²) >= 11 is 0. The molecule has 0 saturated carbocycles. The fourth-order valence-corrected chi connectivity index (χ4v) is 2.64. The average Bonchev–Trinajstić information content (AvgIpc) is 2.87. The van der Waals surface area contributed by atoms with Gasteiger partial charge in [0.15, 0.2) is 0 Å². The van der Waals surface area contributed by atoms with Gasteiger partial charge in [0.25, 0.3) is 0 Å². The quantitative estimate of drug-likeness (QED) is 0.621. The Balaban J connectivity index is 2.89. The van der Waals surface area contributed by atoms with Crippen LogP contribution in [0.5, 0.6) is 0 Å². The molecule has 1 aromatic rings. The molecular formula is C15H26N4O4. The van der Waals surface area contributed by atoms with Gasteiger partial charge in [0.1, 0.15) is 5.54 Å². The Kier molecular flexibility index (Phi) is 5.76. The minimum Gasteiger partial charge on any atom is -0.465 e. The lowest BCUT2D eigenvalue weighted by Crippen LogP contribution is -2.64. The third-order valence-electron chi connectivity index (χ3n) is 3.54. The van der Waals surface area contributed by atoms with Gasteiger partial charge >= 0.3 is 6.09 Å². The molecule has 4 N–H and O–H groups in total.